The zero-order chi connectivity index (χ0) is 48.7. The Bertz CT molecular complexity index is 2300. The number of amides is 4. The maximum atomic E-state index is 14.1. The molecule has 2 N–H and O–H groups in total. The topological polar surface area (TPSA) is 179 Å². The highest BCUT2D eigenvalue weighted by atomic mass is 32.2. The fourth-order valence-corrected chi connectivity index (χ4v) is 11.2. The normalized spacial score (nSPS) is 19.1. The molecule has 0 bridgehead atoms. The number of hydrogen-bond donors (Lipinski definition) is 2. The molecule has 4 aliphatic rings. The van der Waals surface area contributed by atoms with Gasteiger partial charge in [0.1, 0.15) is 0 Å². The third-order valence-corrected chi connectivity index (χ3v) is 15.7. The number of hydrogen-bond acceptors (Lipinski definition) is 10. The van der Waals surface area contributed by atoms with Crippen LogP contribution in [0.2, 0.25) is 0 Å². The Morgan fingerprint density at radius 2 is 1.05 bits per heavy atom. The van der Waals surface area contributed by atoms with Gasteiger partial charge < -0.3 is 9.47 Å². The molecule has 2 saturated heterocycles. The summed E-state index contributed by atoms with van der Waals surface area (Å²) in [4.78, 5) is 44.8. The molecule has 0 radical (unpaired) electrons. The van der Waals surface area contributed by atoms with E-state index in [1.165, 1.54) is 18.2 Å². The first kappa shape index (κ1) is 53.9. The Hall–Kier alpha value is -4.70. The molecule has 4 amide bonds. The lowest BCUT2D eigenvalue weighted by Crippen LogP contribution is -2.40. The maximum absolute atomic E-state index is 14.1. The van der Waals surface area contributed by atoms with E-state index in [-0.39, 0.29) is 70.0 Å². The van der Waals surface area contributed by atoms with E-state index in [2.05, 4.69) is 23.8 Å². The van der Waals surface area contributed by atoms with Gasteiger partial charge >= 0.3 is 0 Å². The molecule has 2 aromatic rings. The van der Waals surface area contributed by atoms with Crippen LogP contribution in [-0.2, 0) is 49.7 Å². The quantitative estimate of drug-likeness (QED) is 0.0864. The predicted molar refractivity (Wildman–Crippen MR) is 252 cm³/mol. The van der Waals surface area contributed by atoms with Crippen molar-refractivity contribution in [2.24, 2.45) is 23.7 Å². The molecule has 0 spiro atoms. The molecule has 2 aromatic carbocycles. The molecule has 2 atom stereocenters. The first-order valence-corrected chi connectivity index (χ1v) is 26.5. The second-order valence-electron chi connectivity index (χ2n) is 19.2. The van der Waals surface area contributed by atoms with E-state index in [1.807, 2.05) is 27.7 Å². The van der Waals surface area contributed by atoms with Crippen LogP contribution < -0.4 is 20.1 Å². The molecular formula is C50H68F2N2O10S2. The molecular weight excluding hydrogens is 891 g/mol. The summed E-state index contributed by atoms with van der Waals surface area (Å²) < 4.78 is 88.5. The number of nitrogens with one attached hydrogen (secondary N) is 2. The van der Waals surface area contributed by atoms with E-state index < -0.39 is 42.1 Å². The van der Waals surface area contributed by atoms with Crippen molar-refractivity contribution in [2.45, 2.75) is 116 Å². The van der Waals surface area contributed by atoms with Gasteiger partial charge in [-0.05, 0) is 111 Å². The molecule has 0 aromatic heterocycles. The molecule has 2 saturated carbocycles. The first-order chi connectivity index (χ1) is 31.0. The number of carbonyl (C=O) groups excluding carboxylic acids is 4. The standard InChI is InChI=1S/C24H32FNO5S.C17H23FO3S.C9H13NO2/c1-24(2,19-10-11-20(25)21(14-19)31-15-17-7-8-17)16-32(29,30)13-5-3-4-6-18-9-12-22(27)26-23(18)28;1-4-9-22(19,20)12-17(2,3)14-7-8-15(18)16(10-14)21-11-13-5-6-13;1-2-3-4-7-5-6-8(11)10-9(7)12/h3,5,10-11,14,17-18H,4,6-9,12-13,15-16H2,1-2H3,(H,26,27,28);4,7-8,10,13H,1,5-6,9,11-12H2,2-3H3;2,7H,1,3-6H2,(H,10,11,12)/b5-3+;;. The Morgan fingerprint density at radius 3 is 1.44 bits per heavy atom. The Labute approximate surface area is 390 Å². The molecule has 2 unspecified atom stereocenters. The van der Waals surface area contributed by atoms with Gasteiger partial charge in [-0.15, -0.1) is 13.2 Å². The summed E-state index contributed by atoms with van der Waals surface area (Å²) in [6.07, 6.45) is 15.9. The molecule has 4 fully saturated rings. The van der Waals surface area contributed by atoms with Gasteiger partial charge in [0.15, 0.2) is 42.8 Å². The molecule has 364 valence electrons. The highest BCUT2D eigenvalue weighted by molar-refractivity contribution is 7.91. The number of carbonyl (C=O) groups is 4. The van der Waals surface area contributed by atoms with Gasteiger partial charge in [0.25, 0.3) is 0 Å². The average molecular weight is 959 g/mol. The van der Waals surface area contributed by atoms with E-state index in [0.29, 0.717) is 63.6 Å². The predicted octanol–water partition coefficient (Wildman–Crippen LogP) is 8.19. The van der Waals surface area contributed by atoms with Gasteiger partial charge in [-0.25, -0.2) is 25.6 Å². The van der Waals surface area contributed by atoms with Gasteiger partial charge in [-0.1, -0.05) is 64.1 Å². The summed E-state index contributed by atoms with van der Waals surface area (Å²) in [7, 11) is -6.62. The zero-order valence-electron chi connectivity index (χ0n) is 38.9. The van der Waals surface area contributed by atoms with Crippen LogP contribution in [0, 0.1) is 35.3 Å². The van der Waals surface area contributed by atoms with Crippen LogP contribution in [0.3, 0.4) is 0 Å². The highest BCUT2D eigenvalue weighted by Crippen LogP contribution is 2.35. The summed E-state index contributed by atoms with van der Waals surface area (Å²) in [5.41, 5.74) is 0.153. The van der Waals surface area contributed by atoms with Gasteiger partial charge in [0.05, 0.1) is 36.2 Å². The van der Waals surface area contributed by atoms with E-state index in [9.17, 15) is 44.8 Å². The van der Waals surface area contributed by atoms with Crippen molar-refractivity contribution >= 4 is 43.3 Å². The van der Waals surface area contributed by atoms with Crippen LogP contribution in [0.4, 0.5) is 8.78 Å². The Morgan fingerprint density at radius 1 is 0.621 bits per heavy atom. The van der Waals surface area contributed by atoms with Gasteiger partial charge in [0.2, 0.25) is 23.6 Å². The van der Waals surface area contributed by atoms with Crippen LogP contribution in [0.15, 0.2) is 73.9 Å². The van der Waals surface area contributed by atoms with Gasteiger partial charge in [0, 0.05) is 35.5 Å². The van der Waals surface area contributed by atoms with Crippen LogP contribution in [0.1, 0.15) is 116 Å². The number of allylic oxidation sites excluding steroid dienone is 2. The second-order valence-corrected chi connectivity index (χ2v) is 23.4. The first-order valence-electron chi connectivity index (χ1n) is 22.8. The van der Waals surface area contributed by atoms with E-state index in [4.69, 9.17) is 9.47 Å². The Balaban J connectivity index is 0.000000241. The van der Waals surface area contributed by atoms with Gasteiger partial charge in [-0.3, -0.25) is 29.8 Å². The lowest BCUT2D eigenvalue weighted by Gasteiger charge is -2.25. The molecule has 2 aliphatic carbocycles. The van der Waals surface area contributed by atoms with Crippen molar-refractivity contribution in [2.75, 3.05) is 36.2 Å². The molecule has 2 aliphatic heterocycles. The van der Waals surface area contributed by atoms with Crippen LogP contribution in [0.5, 0.6) is 11.5 Å². The van der Waals surface area contributed by atoms with Crippen molar-refractivity contribution in [3.8, 4) is 11.5 Å². The second kappa shape index (κ2) is 24.4. The van der Waals surface area contributed by atoms with Crippen molar-refractivity contribution in [1.82, 2.24) is 10.6 Å². The van der Waals surface area contributed by atoms with Crippen molar-refractivity contribution < 1.29 is 54.3 Å². The minimum absolute atomic E-state index is 0.0142. The minimum atomic E-state index is -3.39. The fourth-order valence-electron chi connectivity index (χ4n) is 7.59. The molecule has 12 nitrogen and oxygen atoms in total. The molecule has 2 heterocycles. The lowest BCUT2D eigenvalue weighted by molar-refractivity contribution is -0.138. The van der Waals surface area contributed by atoms with E-state index >= 15 is 0 Å². The largest absolute Gasteiger partial charge is 0.490 e. The van der Waals surface area contributed by atoms with Crippen molar-refractivity contribution in [3.63, 3.8) is 0 Å². The van der Waals surface area contributed by atoms with Crippen molar-refractivity contribution in [3.05, 3.63) is 96.6 Å². The van der Waals surface area contributed by atoms with Crippen LogP contribution in [0.25, 0.3) is 0 Å². The summed E-state index contributed by atoms with van der Waals surface area (Å²) in [6, 6.07) is 9.16. The van der Waals surface area contributed by atoms with E-state index in [0.717, 1.165) is 49.7 Å². The smallest absolute Gasteiger partial charge is 0.229 e. The Kier molecular flexibility index (Phi) is 19.9. The number of benzene rings is 2. The number of sulfone groups is 2. The van der Waals surface area contributed by atoms with E-state index in [1.54, 1.807) is 42.5 Å². The third-order valence-electron chi connectivity index (χ3n) is 11.9. The number of piperidine rings is 2. The SMILES string of the molecule is C=CCCC1CCC(=O)NC1=O.C=CCS(=O)(=O)CC(C)(C)c1ccc(F)c(OCC2CC2)c1.CC(C)(CS(=O)(=O)C/C=C/CCC1CCC(=O)NC1=O)c1ccc(F)c(OCC2CC2)c1. The lowest BCUT2D eigenvalue weighted by atomic mass is 9.86. The summed E-state index contributed by atoms with van der Waals surface area (Å²) in [6.45, 7) is 15.4. The maximum Gasteiger partial charge on any atom is 0.229 e. The number of ether oxygens (including phenoxy) is 2. The van der Waals surface area contributed by atoms with Crippen molar-refractivity contribution in [1.29, 1.82) is 0 Å². The third kappa shape index (κ3) is 18.5. The minimum Gasteiger partial charge on any atom is -0.490 e. The highest BCUT2D eigenvalue weighted by Gasteiger charge is 2.32. The number of rotatable bonds is 22. The molecule has 16 heteroatoms. The molecule has 66 heavy (non-hydrogen) atoms. The van der Waals surface area contributed by atoms with Gasteiger partial charge in [-0.2, -0.15) is 0 Å². The average Bonchev–Trinajstić information content (AvgIpc) is 4.17. The molecule has 6 rings (SSSR count). The summed E-state index contributed by atoms with van der Waals surface area (Å²) in [5, 5.41) is 4.66. The monoisotopic (exact) mass is 958 g/mol. The van der Waals surface area contributed by atoms with Crippen LogP contribution >= 0.6 is 0 Å². The number of halogens is 2. The zero-order valence-corrected chi connectivity index (χ0v) is 40.5. The summed E-state index contributed by atoms with van der Waals surface area (Å²) >= 11 is 0. The van der Waals surface area contributed by atoms with Crippen LogP contribution in [-0.4, -0.2) is 76.7 Å². The summed E-state index contributed by atoms with van der Waals surface area (Å²) in [5.74, 6) is -0.621. The fraction of sp³-hybridized carbons (Fsp3) is 0.560. The number of imide groups is 2.